The highest BCUT2D eigenvalue weighted by molar-refractivity contribution is 5.96. The highest BCUT2D eigenvalue weighted by Gasteiger charge is 2.08. The molecule has 0 bridgehead atoms. The number of amides is 2. The summed E-state index contributed by atoms with van der Waals surface area (Å²) in [7, 11) is 0. The Morgan fingerprint density at radius 1 is 1.24 bits per heavy atom. The molecule has 0 radical (unpaired) electrons. The first-order valence-electron chi connectivity index (χ1n) is 6.12. The molecule has 2 rings (SSSR count). The van der Waals surface area contributed by atoms with Crippen LogP contribution in [0.2, 0.25) is 0 Å². The molecule has 0 saturated carbocycles. The number of pyridine rings is 1. The molecule has 0 aromatic carbocycles. The Morgan fingerprint density at radius 2 is 2.10 bits per heavy atom. The summed E-state index contributed by atoms with van der Waals surface area (Å²) in [4.78, 5) is 27.1. The summed E-state index contributed by atoms with van der Waals surface area (Å²) in [6, 6.07) is 6.66. The van der Waals surface area contributed by atoms with Crippen LogP contribution in [0.25, 0.3) is 5.70 Å². The normalized spacial score (nSPS) is 9.71. The minimum atomic E-state index is -0.417. The standard InChI is InChI=1S/C14H14N4O3/c1-10(12-5-3-7-21-12)17-18-13(19)9-16-14(20)11-4-2-6-15-8-11/h2-8,17H,1,9H2,(H,16,20)(H,18,19). The quantitative estimate of drug-likeness (QED) is 0.679. The molecule has 3 N–H and O–H groups in total. The van der Waals surface area contributed by atoms with Crippen molar-refractivity contribution in [1.82, 2.24) is 21.2 Å². The van der Waals surface area contributed by atoms with Gasteiger partial charge in [0.15, 0.2) is 5.76 Å². The number of hydrogen-bond donors (Lipinski definition) is 3. The summed E-state index contributed by atoms with van der Waals surface area (Å²) in [5.74, 6) is -0.280. The zero-order valence-corrected chi connectivity index (χ0v) is 11.1. The largest absolute Gasteiger partial charge is 0.463 e. The molecule has 7 heteroatoms. The van der Waals surface area contributed by atoms with Crippen LogP contribution >= 0.6 is 0 Å². The number of carbonyl (C=O) groups excluding carboxylic acids is 2. The average molecular weight is 286 g/mol. The number of rotatable bonds is 6. The minimum absolute atomic E-state index is 0.174. The van der Waals surface area contributed by atoms with Crippen molar-refractivity contribution in [3.63, 3.8) is 0 Å². The molecule has 0 spiro atoms. The third-order valence-corrected chi connectivity index (χ3v) is 2.50. The molecule has 0 aliphatic rings. The SMILES string of the molecule is C=C(NNC(=O)CNC(=O)c1cccnc1)c1ccco1. The van der Waals surface area contributed by atoms with Crippen molar-refractivity contribution in [3.05, 3.63) is 60.8 Å². The van der Waals surface area contributed by atoms with Crippen molar-refractivity contribution in [1.29, 1.82) is 0 Å². The summed E-state index contributed by atoms with van der Waals surface area (Å²) in [5, 5.41) is 2.47. The van der Waals surface area contributed by atoms with E-state index >= 15 is 0 Å². The second-order valence-electron chi connectivity index (χ2n) is 4.05. The Labute approximate surface area is 121 Å². The molecule has 7 nitrogen and oxygen atoms in total. The lowest BCUT2D eigenvalue weighted by Crippen LogP contribution is -2.42. The molecule has 0 aliphatic carbocycles. The minimum Gasteiger partial charge on any atom is -0.463 e. The predicted molar refractivity (Wildman–Crippen MR) is 75.6 cm³/mol. The van der Waals surface area contributed by atoms with Gasteiger partial charge in [-0.3, -0.25) is 25.4 Å². The van der Waals surface area contributed by atoms with Gasteiger partial charge in [0, 0.05) is 12.4 Å². The van der Waals surface area contributed by atoms with E-state index in [1.165, 1.54) is 12.5 Å². The average Bonchev–Trinajstić information content (AvgIpc) is 3.05. The van der Waals surface area contributed by atoms with E-state index in [9.17, 15) is 9.59 Å². The van der Waals surface area contributed by atoms with Crippen LogP contribution < -0.4 is 16.2 Å². The van der Waals surface area contributed by atoms with Crippen molar-refractivity contribution in [3.8, 4) is 0 Å². The molecule has 21 heavy (non-hydrogen) atoms. The molecule has 0 atom stereocenters. The number of hydrogen-bond acceptors (Lipinski definition) is 5. The van der Waals surface area contributed by atoms with Crippen LogP contribution in [-0.2, 0) is 4.79 Å². The smallest absolute Gasteiger partial charge is 0.257 e. The lowest BCUT2D eigenvalue weighted by Gasteiger charge is -2.09. The molecule has 2 amide bonds. The van der Waals surface area contributed by atoms with Crippen molar-refractivity contribution < 1.29 is 14.0 Å². The second-order valence-corrected chi connectivity index (χ2v) is 4.05. The Balaban J connectivity index is 1.73. The fraction of sp³-hybridized carbons (Fsp3) is 0.0714. The van der Waals surface area contributed by atoms with E-state index < -0.39 is 5.91 Å². The van der Waals surface area contributed by atoms with Gasteiger partial charge < -0.3 is 9.73 Å². The maximum absolute atomic E-state index is 11.7. The maximum atomic E-state index is 11.7. The first-order valence-corrected chi connectivity index (χ1v) is 6.12. The number of furan rings is 1. The fourth-order valence-corrected chi connectivity index (χ4v) is 1.46. The Morgan fingerprint density at radius 3 is 2.76 bits per heavy atom. The molecular weight excluding hydrogens is 272 g/mol. The number of hydrazine groups is 1. The molecule has 0 saturated heterocycles. The van der Waals surface area contributed by atoms with Crippen LogP contribution in [0.4, 0.5) is 0 Å². The van der Waals surface area contributed by atoms with Gasteiger partial charge >= 0.3 is 0 Å². The summed E-state index contributed by atoms with van der Waals surface area (Å²) in [5.41, 5.74) is 5.79. The van der Waals surface area contributed by atoms with Crippen LogP contribution in [0.1, 0.15) is 16.1 Å². The number of aromatic nitrogens is 1. The molecule has 0 unspecified atom stereocenters. The van der Waals surface area contributed by atoms with E-state index in [0.29, 0.717) is 17.0 Å². The van der Waals surface area contributed by atoms with Crippen LogP contribution in [0.3, 0.4) is 0 Å². The molecule has 2 heterocycles. The Hall–Kier alpha value is -3.09. The topological polar surface area (TPSA) is 96.3 Å². The highest BCUT2D eigenvalue weighted by Crippen LogP contribution is 2.07. The van der Waals surface area contributed by atoms with Gasteiger partial charge in [-0.1, -0.05) is 6.58 Å². The molecular formula is C14H14N4O3. The van der Waals surface area contributed by atoms with Gasteiger partial charge in [0.05, 0.1) is 24.1 Å². The van der Waals surface area contributed by atoms with Crippen LogP contribution in [0.5, 0.6) is 0 Å². The van der Waals surface area contributed by atoms with Crippen molar-refractivity contribution in [2.75, 3.05) is 6.54 Å². The van der Waals surface area contributed by atoms with Crippen LogP contribution in [0.15, 0.2) is 53.9 Å². The van der Waals surface area contributed by atoms with Gasteiger partial charge in [0.2, 0.25) is 0 Å². The van der Waals surface area contributed by atoms with E-state index in [4.69, 9.17) is 4.42 Å². The van der Waals surface area contributed by atoms with Crippen molar-refractivity contribution in [2.45, 2.75) is 0 Å². The molecule has 2 aromatic rings. The monoisotopic (exact) mass is 286 g/mol. The van der Waals surface area contributed by atoms with Gasteiger partial charge in [0.1, 0.15) is 0 Å². The Kier molecular flexibility index (Phi) is 4.70. The van der Waals surface area contributed by atoms with Gasteiger partial charge in [-0.25, -0.2) is 0 Å². The zero-order valence-electron chi connectivity index (χ0n) is 11.1. The summed E-state index contributed by atoms with van der Waals surface area (Å²) >= 11 is 0. The third-order valence-electron chi connectivity index (χ3n) is 2.50. The maximum Gasteiger partial charge on any atom is 0.257 e. The lowest BCUT2D eigenvalue weighted by atomic mass is 10.3. The van der Waals surface area contributed by atoms with Gasteiger partial charge in [-0.15, -0.1) is 0 Å². The van der Waals surface area contributed by atoms with E-state index in [1.807, 2.05) is 0 Å². The molecule has 0 aliphatic heterocycles. The first-order chi connectivity index (χ1) is 10.2. The van der Waals surface area contributed by atoms with Crippen LogP contribution in [-0.4, -0.2) is 23.3 Å². The third kappa shape index (κ3) is 4.20. The Bertz CT molecular complexity index is 623. The summed E-state index contributed by atoms with van der Waals surface area (Å²) in [6.45, 7) is 3.52. The van der Waals surface area contributed by atoms with E-state index in [2.05, 4.69) is 27.7 Å². The summed E-state index contributed by atoms with van der Waals surface area (Å²) in [6.07, 6.45) is 4.48. The lowest BCUT2D eigenvalue weighted by molar-refractivity contribution is -0.120. The summed E-state index contributed by atoms with van der Waals surface area (Å²) < 4.78 is 5.09. The zero-order chi connectivity index (χ0) is 15.1. The van der Waals surface area contributed by atoms with Crippen LogP contribution in [0, 0.1) is 0 Å². The highest BCUT2D eigenvalue weighted by atomic mass is 16.3. The predicted octanol–water partition coefficient (Wildman–Crippen LogP) is 0.696. The molecule has 2 aromatic heterocycles. The van der Waals surface area contributed by atoms with Gasteiger partial charge in [-0.2, -0.15) is 0 Å². The number of nitrogens with zero attached hydrogens (tertiary/aromatic N) is 1. The van der Waals surface area contributed by atoms with Gasteiger partial charge in [-0.05, 0) is 24.3 Å². The first kappa shape index (κ1) is 14.3. The fourth-order valence-electron chi connectivity index (χ4n) is 1.46. The number of carbonyl (C=O) groups is 2. The van der Waals surface area contributed by atoms with Crippen molar-refractivity contribution in [2.24, 2.45) is 0 Å². The molecule has 0 fully saturated rings. The molecule has 108 valence electrons. The number of nitrogens with one attached hydrogen (secondary N) is 3. The van der Waals surface area contributed by atoms with E-state index in [0.717, 1.165) is 0 Å². The van der Waals surface area contributed by atoms with Gasteiger partial charge in [0.25, 0.3) is 11.8 Å². The van der Waals surface area contributed by atoms with E-state index in [1.54, 1.807) is 30.5 Å². The van der Waals surface area contributed by atoms with Crippen molar-refractivity contribution >= 4 is 17.5 Å². The van der Waals surface area contributed by atoms with E-state index in [-0.39, 0.29) is 12.5 Å². The second kappa shape index (κ2) is 6.90.